The number of aliphatic hydroxyl groups excluding tert-OH is 1. The van der Waals surface area contributed by atoms with Crippen LogP contribution < -0.4 is 4.74 Å². The third kappa shape index (κ3) is 9.00. The predicted molar refractivity (Wildman–Crippen MR) is 155 cm³/mol. The summed E-state index contributed by atoms with van der Waals surface area (Å²) in [4.78, 5) is 10.8. The average Bonchev–Trinajstić information content (AvgIpc) is 3.30. The molecule has 9 heteroatoms. The first-order valence-corrected chi connectivity index (χ1v) is 16.0. The van der Waals surface area contributed by atoms with E-state index in [4.69, 9.17) is 33.5 Å². The molecule has 8 atom stereocenters. The number of carboxylic acids is 1. The van der Waals surface area contributed by atoms with Gasteiger partial charge in [0.15, 0.2) is 12.6 Å². The number of fused-ring (bicyclic) bond motifs is 1. The maximum absolute atomic E-state index is 11.2. The van der Waals surface area contributed by atoms with E-state index < -0.39 is 18.4 Å². The average molecular weight is 589 g/mol. The van der Waals surface area contributed by atoms with Gasteiger partial charge in [0.25, 0.3) is 0 Å². The third-order valence-corrected chi connectivity index (χ3v) is 8.97. The van der Waals surface area contributed by atoms with E-state index in [9.17, 15) is 9.90 Å². The Hall–Kier alpha value is -2.01. The van der Waals surface area contributed by atoms with Crippen LogP contribution in [0, 0.1) is 11.8 Å². The summed E-state index contributed by atoms with van der Waals surface area (Å²) in [6.45, 7) is 1.87. The Bertz CT molecular complexity index is 987. The summed E-state index contributed by atoms with van der Waals surface area (Å²) in [7, 11) is 0. The van der Waals surface area contributed by atoms with Crippen LogP contribution >= 0.6 is 0 Å². The molecule has 0 spiro atoms. The van der Waals surface area contributed by atoms with Crippen LogP contribution in [0.3, 0.4) is 0 Å². The lowest BCUT2D eigenvalue weighted by Gasteiger charge is -2.36. The Morgan fingerprint density at radius 1 is 1.00 bits per heavy atom. The zero-order valence-corrected chi connectivity index (χ0v) is 24.6. The van der Waals surface area contributed by atoms with Gasteiger partial charge in [0.2, 0.25) is 6.29 Å². The van der Waals surface area contributed by atoms with Gasteiger partial charge in [-0.05, 0) is 88.5 Å². The van der Waals surface area contributed by atoms with E-state index in [0.29, 0.717) is 51.9 Å². The number of rotatable bonds is 14. The molecular formula is C33H48O9. The normalized spacial score (nSPS) is 32.4. The van der Waals surface area contributed by atoms with E-state index >= 15 is 0 Å². The summed E-state index contributed by atoms with van der Waals surface area (Å²) in [5, 5.41) is 20.1. The fourth-order valence-electron chi connectivity index (χ4n) is 6.68. The van der Waals surface area contributed by atoms with Gasteiger partial charge in [0.1, 0.15) is 11.9 Å². The molecule has 2 N–H and O–H groups in total. The smallest absolute Gasteiger partial charge is 0.303 e. The number of hydrogen-bond donors (Lipinski definition) is 2. The number of aliphatic hydroxyl groups is 1. The number of aliphatic carboxylic acids is 1. The highest BCUT2D eigenvalue weighted by Gasteiger charge is 2.44. The highest BCUT2D eigenvalue weighted by Crippen LogP contribution is 2.42. The van der Waals surface area contributed by atoms with Crippen molar-refractivity contribution < 1.29 is 43.4 Å². The van der Waals surface area contributed by atoms with Gasteiger partial charge in [-0.1, -0.05) is 30.4 Å². The van der Waals surface area contributed by atoms with Crippen LogP contribution in [-0.4, -0.2) is 66.6 Å². The number of benzene rings is 1. The van der Waals surface area contributed by atoms with Gasteiger partial charge in [0.05, 0.1) is 18.8 Å². The summed E-state index contributed by atoms with van der Waals surface area (Å²) in [5.41, 5.74) is 1.02. The van der Waals surface area contributed by atoms with Crippen LogP contribution in [-0.2, 0) is 35.1 Å². The number of allylic oxidation sites excluding steroid dienone is 2. The van der Waals surface area contributed by atoms with Crippen LogP contribution in [0.4, 0.5) is 0 Å². The summed E-state index contributed by atoms with van der Waals surface area (Å²) >= 11 is 0. The largest absolute Gasteiger partial charge is 0.481 e. The van der Waals surface area contributed by atoms with Crippen molar-refractivity contribution >= 4 is 5.97 Å². The molecule has 3 fully saturated rings. The quantitative estimate of drug-likeness (QED) is 0.208. The van der Waals surface area contributed by atoms with Gasteiger partial charge in [-0.15, -0.1) is 0 Å². The van der Waals surface area contributed by atoms with Crippen LogP contribution in [0.15, 0.2) is 36.4 Å². The number of unbranched alkanes of at least 4 members (excludes halogenated alkanes) is 1. The Morgan fingerprint density at radius 2 is 1.79 bits per heavy atom. The van der Waals surface area contributed by atoms with E-state index in [1.165, 1.54) is 0 Å². The molecule has 5 rings (SSSR count). The minimum absolute atomic E-state index is 0.0230. The van der Waals surface area contributed by atoms with Crippen LogP contribution in [0.2, 0.25) is 0 Å². The predicted octanol–water partition coefficient (Wildman–Crippen LogP) is 5.72. The van der Waals surface area contributed by atoms with Crippen LogP contribution in [0.5, 0.6) is 5.75 Å². The molecule has 1 aromatic carbocycles. The summed E-state index contributed by atoms with van der Waals surface area (Å²) in [6.07, 6.45) is 12.3. The van der Waals surface area contributed by atoms with Gasteiger partial charge < -0.3 is 38.6 Å². The first-order chi connectivity index (χ1) is 20.6. The zero-order valence-electron chi connectivity index (χ0n) is 24.6. The van der Waals surface area contributed by atoms with E-state index in [2.05, 4.69) is 6.08 Å². The lowest BCUT2D eigenvalue weighted by molar-refractivity contribution is -0.252. The second-order valence-electron chi connectivity index (χ2n) is 12.0. The Balaban J connectivity index is 1.27. The fourth-order valence-corrected chi connectivity index (χ4v) is 6.68. The second kappa shape index (κ2) is 16.2. The lowest BCUT2D eigenvalue weighted by atomic mass is 9.85. The van der Waals surface area contributed by atoms with Gasteiger partial charge in [0, 0.05) is 31.6 Å². The van der Waals surface area contributed by atoms with Crippen molar-refractivity contribution in [1.29, 1.82) is 0 Å². The SMILES string of the molecule is O=C(O)CCC/C=C\C[C@@H]1[C@@H](CC[C@@H](OC2CCCCO2)C2OCc3ccccc3O2)[C@H](OC2CCCCO2)C[C@@H]1O. The molecular weight excluding hydrogens is 540 g/mol. The zero-order chi connectivity index (χ0) is 29.1. The second-order valence-corrected chi connectivity index (χ2v) is 12.0. The maximum Gasteiger partial charge on any atom is 0.303 e. The van der Waals surface area contributed by atoms with Gasteiger partial charge in [-0.3, -0.25) is 4.79 Å². The van der Waals surface area contributed by atoms with E-state index in [1.807, 2.05) is 30.3 Å². The first kappa shape index (κ1) is 31.4. The van der Waals surface area contributed by atoms with Crippen molar-refractivity contribution in [3.8, 4) is 5.75 Å². The number of ether oxygens (including phenoxy) is 6. The molecule has 1 aliphatic carbocycles. The topological polar surface area (TPSA) is 113 Å². The minimum atomic E-state index is -0.774. The highest BCUT2D eigenvalue weighted by atomic mass is 16.7. The standard InChI is InChI=1S/C33H48O9/c34-26-21-29(41-32-16-8-10-20-38-32)25(24(26)12-3-1-2-4-14-30(35)36)17-18-28(40-31-15-7-9-19-37-31)33-39-22-23-11-5-6-13-27(23)42-33/h1,3,5-6,11,13,24-26,28-29,31-34H,2,4,7-10,12,14-22H2,(H,35,36)/b3-1-/t24-,25-,26+,28-,29-,31?,32?,33?/m1/s1. The molecule has 4 aliphatic rings. The highest BCUT2D eigenvalue weighted by molar-refractivity contribution is 5.66. The number of hydrogen-bond acceptors (Lipinski definition) is 8. The third-order valence-electron chi connectivity index (χ3n) is 8.97. The molecule has 3 unspecified atom stereocenters. The molecule has 0 amide bonds. The lowest BCUT2D eigenvalue weighted by Crippen LogP contribution is -2.42. The van der Waals surface area contributed by atoms with Crippen molar-refractivity contribution in [2.45, 2.75) is 127 Å². The molecule has 1 saturated carbocycles. The first-order valence-electron chi connectivity index (χ1n) is 16.0. The summed E-state index contributed by atoms with van der Waals surface area (Å²) in [5.74, 6) is 0.174. The number of carboxylic acid groups (broad SMARTS) is 1. The van der Waals surface area contributed by atoms with Crippen molar-refractivity contribution in [3.63, 3.8) is 0 Å². The monoisotopic (exact) mass is 588 g/mol. The number of para-hydroxylation sites is 1. The Morgan fingerprint density at radius 3 is 2.55 bits per heavy atom. The van der Waals surface area contributed by atoms with E-state index in [1.54, 1.807) is 0 Å². The van der Waals surface area contributed by atoms with E-state index in [-0.39, 0.29) is 43.0 Å². The molecule has 42 heavy (non-hydrogen) atoms. The molecule has 3 aliphatic heterocycles. The van der Waals surface area contributed by atoms with Crippen molar-refractivity contribution in [2.24, 2.45) is 11.8 Å². The van der Waals surface area contributed by atoms with Crippen LogP contribution in [0.25, 0.3) is 0 Å². The minimum Gasteiger partial charge on any atom is -0.481 e. The Kier molecular flexibility index (Phi) is 12.1. The van der Waals surface area contributed by atoms with Crippen molar-refractivity contribution in [3.05, 3.63) is 42.0 Å². The molecule has 3 heterocycles. The molecule has 2 saturated heterocycles. The Labute approximate surface area is 249 Å². The van der Waals surface area contributed by atoms with Gasteiger partial charge >= 0.3 is 5.97 Å². The maximum atomic E-state index is 11.2. The summed E-state index contributed by atoms with van der Waals surface area (Å²) in [6, 6.07) is 7.94. The van der Waals surface area contributed by atoms with Crippen molar-refractivity contribution in [1.82, 2.24) is 0 Å². The van der Waals surface area contributed by atoms with Crippen LogP contribution in [0.1, 0.15) is 89.0 Å². The molecule has 234 valence electrons. The molecule has 0 radical (unpaired) electrons. The van der Waals surface area contributed by atoms with E-state index in [0.717, 1.165) is 56.3 Å². The van der Waals surface area contributed by atoms with Gasteiger partial charge in [-0.2, -0.15) is 0 Å². The molecule has 0 bridgehead atoms. The van der Waals surface area contributed by atoms with Gasteiger partial charge in [-0.25, -0.2) is 0 Å². The van der Waals surface area contributed by atoms with Crippen molar-refractivity contribution in [2.75, 3.05) is 13.2 Å². The molecule has 9 nitrogen and oxygen atoms in total. The summed E-state index contributed by atoms with van der Waals surface area (Å²) < 4.78 is 37.4. The molecule has 1 aromatic rings. The fraction of sp³-hybridized carbons (Fsp3) is 0.727. The number of carbonyl (C=O) groups is 1. The molecule has 0 aromatic heterocycles.